The van der Waals surface area contributed by atoms with Crippen LogP contribution in [0.4, 0.5) is 5.69 Å². The van der Waals surface area contributed by atoms with Crippen molar-refractivity contribution in [3.05, 3.63) is 24.3 Å². The Kier molecular flexibility index (Phi) is 9.86. The summed E-state index contributed by atoms with van der Waals surface area (Å²) in [5.41, 5.74) is 6.73. The van der Waals surface area contributed by atoms with E-state index in [0.29, 0.717) is 26.2 Å². The molecule has 1 aromatic rings. The molecular formula is C19H31ClN2O3. The molecule has 1 saturated carbocycles. The molecule has 1 aromatic carbocycles. The Morgan fingerprint density at radius 3 is 2.68 bits per heavy atom. The van der Waals surface area contributed by atoms with E-state index in [9.17, 15) is 4.79 Å². The summed E-state index contributed by atoms with van der Waals surface area (Å²) in [5.74, 6) is 0.800. The van der Waals surface area contributed by atoms with Gasteiger partial charge in [-0.1, -0.05) is 25.3 Å². The number of carbonyl (C=O) groups excluding carboxylic acids is 1. The van der Waals surface area contributed by atoms with E-state index in [2.05, 4.69) is 5.32 Å². The molecule has 0 aromatic heterocycles. The Morgan fingerprint density at radius 1 is 1.24 bits per heavy atom. The average Bonchev–Trinajstić information content (AvgIpc) is 2.60. The summed E-state index contributed by atoms with van der Waals surface area (Å²) in [6, 6.07) is 7.53. The van der Waals surface area contributed by atoms with Crippen LogP contribution in [0.2, 0.25) is 0 Å². The smallest absolute Gasteiger partial charge is 0.224 e. The van der Waals surface area contributed by atoms with Crippen LogP contribution in [0.1, 0.15) is 44.9 Å². The second-order valence-corrected chi connectivity index (χ2v) is 6.71. The normalized spacial score (nSPS) is 15.9. The Bertz CT molecular complexity index is 519. The highest BCUT2D eigenvalue weighted by molar-refractivity contribution is 5.91. The van der Waals surface area contributed by atoms with E-state index in [4.69, 9.17) is 15.2 Å². The minimum atomic E-state index is -0.0173. The van der Waals surface area contributed by atoms with Crippen LogP contribution in [-0.2, 0) is 9.53 Å². The quantitative estimate of drug-likeness (QED) is 0.649. The number of nitrogens with two attached hydrogens (primary N) is 1. The van der Waals surface area contributed by atoms with Crippen LogP contribution in [0.15, 0.2) is 24.3 Å². The number of rotatable bonds is 9. The highest BCUT2D eigenvalue weighted by atomic mass is 35.5. The van der Waals surface area contributed by atoms with Crippen LogP contribution in [0.3, 0.4) is 0 Å². The molecule has 1 aliphatic rings. The van der Waals surface area contributed by atoms with Crippen LogP contribution < -0.4 is 15.8 Å². The molecule has 5 nitrogen and oxygen atoms in total. The molecule has 25 heavy (non-hydrogen) atoms. The molecule has 3 N–H and O–H groups in total. The van der Waals surface area contributed by atoms with Crippen molar-refractivity contribution in [1.82, 2.24) is 0 Å². The van der Waals surface area contributed by atoms with Crippen LogP contribution in [0, 0.1) is 5.41 Å². The van der Waals surface area contributed by atoms with E-state index in [1.54, 1.807) is 7.11 Å². The summed E-state index contributed by atoms with van der Waals surface area (Å²) in [6.07, 6.45) is 7.06. The average molecular weight is 371 g/mol. The van der Waals surface area contributed by atoms with Crippen molar-refractivity contribution in [2.45, 2.75) is 44.9 Å². The summed E-state index contributed by atoms with van der Waals surface area (Å²) in [6.45, 7) is 1.86. The molecule has 0 spiro atoms. The molecule has 2 rings (SSSR count). The fraction of sp³-hybridized carbons (Fsp3) is 0.632. The summed E-state index contributed by atoms with van der Waals surface area (Å²) >= 11 is 0. The molecule has 1 amide bonds. The predicted octanol–water partition coefficient (Wildman–Crippen LogP) is 3.76. The lowest BCUT2D eigenvalue weighted by atomic mass is 9.71. The van der Waals surface area contributed by atoms with Crippen LogP contribution in [0.25, 0.3) is 0 Å². The number of carbonyl (C=O) groups is 1. The zero-order valence-corrected chi connectivity index (χ0v) is 15.9. The molecule has 1 fully saturated rings. The second kappa shape index (κ2) is 11.3. The van der Waals surface area contributed by atoms with Crippen molar-refractivity contribution in [1.29, 1.82) is 0 Å². The number of amides is 1. The second-order valence-electron chi connectivity index (χ2n) is 6.71. The Labute approximate surface area is 157 Å². The van der Waals surface area contributed by atoms with E-state index >= 15 is 0 Å². The van der Waals surface area contributed by atoms with Gasteiger partial charge in [0.1, 0.15) is 5.75 Å². The fourth-order valence-corrected chi connectivity index (χ4v) is 3.36. The maximum absolute atomic E-state index is 12.4. The van der Waals surface area contributed by atoms with Crippen molar-refractivity contribution in [2.75, 3.05) is 32.2 Å². The highest BCUT2D eigenvalue weighted by Crippen LogP contribution is 2.38. The molecule has 0 heterocycles. The van der Waals surface area contributed by atoms with Gasteiger partial charge in [0.05, 0.1) is 6.61 Å². The summed E-state index contributed by atoms with van der Waals surface area (Å²) in [4.78, 5) is 12.4. The molecule has 0 radical (unpaired) electrons. The number of hydrogen-bond donors (Lipinski definition) is 2. The largest absolute Gasteiger partial charge is 0.493 e. The molecule has 142 valence electrons. The third-order valence-corrected chi connectivity index (χ3v) is 4.76. The predicted molar refractivity (Wildman–Crippen MR) is 103 cm³/mol. The zero-order valence-electron chi connectivity index (χ0n) is 15.1. The van der Waals surface area contributed by atoms with Crippen LogP contribution in [0.5, 0.6) is 5.75 Å². The number of nitrogens with one attached hydrogen (secondary N) is 1. The molecule has 1 aliphatic carbocycles. The van der Waals surface area contributed by atoms with Crippen LogP contribution >= 0.6 is 12.4 Å². The first-order chi connectivity index (χ1) is 11.7. The number of hydrogen-bond acceptors (Lipinski definition) is 4. The Hall–Kier alpha value is -1.30. The Balaban J connectivity index is 0.00000312. The van der Waals surface area contributed by atoms with Crippen molar-refractivity contribution in [3.63, 3.8) is 0 Å². The number of benzene rings is 1. The molecule has 0 atom stereocenters. The third kappa shape index (κ3) is 7.22. The van der Waals surface area contributed by atoms with Crippen molar-refractivity contribution < 1.29 is 14.3 Å². The number of halogens is 1. The molecule has 6 heteroatoms. The SMILES string of the molecule is COCCCOc1cccc(NC(=O)CC2(CN)CCCCC2)c1.Cl. The van der Waals surface area contributed by atoms with E-state index in [1.807, 2.05) is 24.3 Å². The molecule has 0 saturated heterocycles. The topological polar surface area (TPSA) is 73.6 Å². The van der Waals surface area contributed by atoms with E-state index < -0.39 is 0 Å². The molecule has 0 unspecified atom stereocenters. The van der Waals surface area contributed by atoms with Gasteiger partial charge in [0.15, 0.2) is 0 Å². The standard InChI is InChI=1S/C19H30N2O3.ClH/c1-23-11-6-12-24-17-8-5-7-16(13-17)21-18(22)14-19(15-20)9-3-2-4-10-19;/h5,7-8,13H,2-4,6,9-12,14-15,20H2,1H3,(H,21,22);1H. The van der Waals surface area contributed by atoms with Gasteiger partial charge in [0.2, 0.25) is 5.91 Å². The first-order valence-electron chi connectivity index (χ1n) is 8.89. The van der Waals surface area contributed by atoms with Crippen molar-refractivity contribution in [2.24, 2.45) is 11.1 Å². The minimum Gasteiger partial charge on any atom is -0.493 e. The van der Waals surface area contributed by atoms with Gasteiger partial charge in [-0.2, -0.15) is 0 Å². The number of ether oxygens (including phenoxy) is 2. The van der Waals surface area contributed by atoms with Crippen molar-refractivity contribution in [3.8, 4) is 5.75 Å². The maximum Gasteiger partial charge on any atom is 0.224 e. The minimum absolute atomic E-state index is 0. The van der Waals surface area contributed by atoms with Gasteiger partial charge in [0.25, 0.3) is 0 Å². The van der Waals surface area contributed by atoms with E-state index in [-0.39, 0.29) is 23.7 Å². The third-order valence-electron chi connectivity index (χ3n) is 4.76. The monoisotopic (exact) mass is 370 g/mol. The Morgan fingerprint density at radius 2 is 2.00 bits per heavy atom. The van der Waals surface area contributed by atoms with Gasteiger partial charge >= 0.3 is 0 Å². The molecule has 0 aliphatic heterocycles. The van der Waals surface area contributed by atoms with Gasteiger partial charge in [-0.3, -0.25) is 4.79 Å². The summed E-state index contributed by atoms with van der Waals surface area (Å²) in [7, 11) is 1.68. The lowest BCUT2D eigenvalue weighted by molar-refractivity contribution is -0.118. The number of anilines is 1. The van der Waals surface area contributed by atoms with Gasteiger partial charge in [-0.05, 0) is 36.9 Å². The van der Waals surface area contributed by atoms with E-state index in [1.165, 1.54) is 19.3 Å². The molecule has 0 bridgehead atoms. The van der Waals surface area contributed by atoms with E-state index in [0.717, 1.165) is 30.7 Å². The summed E-state index contributed by atoms with van der Waals surface area (Å²) in [5, 5.41) is 2.99. The first kappa shape index (κ1) is 21.7. The fourth-order valence-electron chi connectivity index (χ4n) is 3.36. The lowest BCUT2D eigenvalue weighted by Gasteiger charge is -2.35. The summed E-state index contributed by atoms with van der Waals surface area (Å²) < 4.78 is 10.7. The highest BCUT2D eigenvalue weighted by Gasteiger charge is 2.32. The van der Waals surface area contributed by atoms with Gasteiger partial charge in [0, 0.05) is 38.3 Å². The van der Waals surface area contributed by atoms with Gasteiger partial charge in [-0.25, -0.2) is 0 Å². The van der Waals surface area contributed by atoms with Crippen molar-refractivity contribution >= 4 is 24.0 Å². The van der Waals surface area contributed by atoms with Gasteiger partial charge < -0.3 is 20.5 Å². The number of methoxy groups -OCH3 is 1. The first-order valence-corrected chi connectivity index (χ1v) is 8.89. The zero-order chi connectivity index (χ0) is 17.3. The van der Waals surface area contributed by atoms with Gasteiger partial charge in [-0.15, -0.1) is 12.4 Å². The van der Waals surface area contributed by atoms with Crippen LogP contribution in [-0.4, -0.2) is 32.8 Å². The lowest BCUT2D eigenvalue weighted by Crippen LogP contribution is -2.36. The maximum atomic E-state index is 12.4. The molecular weight excluding hydrogens is 340 g/mol.